The van der Waals surface area contributed by atoms with Gasteiger partial charge in [-0.15, -0.1) is 0 Å². The summed E-state index contributed by atoms with van der Waals surface area (Å²) in [6.45, 7) is 0.758. The van der Waals surface area contributed by atoms with Crippen LogP contribution in [0.1, 0.15) is 0 Å². The van der Waals surface area contributed by atoms with E-state index in [1.807, 2.05) is 6.08 Å². The van der Waals surface area contributed by atoms with Crippen LogP contribution in [-0.2, 0) is 0 Å². The maximum Gasteiger partial charge on any atom is 0.202 e. The topological polar surface area (TPSA) is 62.4 Å². The SMILES string of the molecule is NC(=S)N=C1NC=CCN1. The molecule has 4 nitrogen and oxygen atoms in total. The minimum atomic E-state index is 0.130. The zero-order valence-corrected chi connectivity index (χ0v) is 6.11. The Morgan fingerprint density at radius 1 is 1.80 bits per heavy atom. The molecular formula is C5H8N4S. The van der Waals surface area contributed by atoms with Crippen molar-refractivity contribution in [3.8, 4) is 0 Å². The quantitative estimate of drug-likeness (QED) is 0.406. The van der Waals surface area contributed by atoms with Gasteiger partial charge in [-0.05, 0) is 18.3 Å². The van der Waals surface area contributed by atoms with Crippen molar-refractivity contribution in [2.45, 2.75) is 0 Å². The predicted octanol–water partition coefficient (Wildman–Crippen LogP) is -0.708. The molecule has 1 aliphatic rings. The van der Waals surface area contributed by atoms with Crippen molar-refractivity contribution in [3.05, 3.63) is 12.3 Å². The van der Waals surface area contributed by atoms with E-state index in [0.29, 0.717) is 5.96 Å². The normalized spacial score (nSPS) is 19.8. The summed E-state index contributed by atoms with van der Waals surface area (Å²) >= 11 is 4.56. The lowest BCUT2D eigenvalue weighted by Gasteiger charge is -2.10. The van der Waals surface area contributed by atoms with Crippen LogP contribution in [-0.4, -0.2) is 17.6 Å². The lowest BCUT2D eigenvalue weighted by molar-refractivity contribution is 0.941. The number of guanidine groups is 1. The van der Waals surface area contributed by atoms with E-state index in [1.54, 1.807) is 6.20 Å². The van der Waals surface area contributed by atoms with Crippen molar-refractivity contribution < 1.29 is 0 Å². The largest absolute Gasteiger partial charge is 0.374 e. The van der Waals surface area contributed by atoms with Crippen LogP contribution in [0.4, 0.5) is 0 Å². The van der Waals surface area contributed by atoms with Crippen LogP contribution >= 0.6 is 12.2 Å². The fourth-order valence-corrected chi connectivity index (χ4v) is 0.677. The van der Waals surface area contributed by atoms with Gasteiger partial charge >= 0.3 is 0 Å². The minimum absolute atomic E-state index is 0.130. The van der Waals surface area contributed by atoms with E-state index in [4.69, 9.17) is 5.73 Å². The Morgan fingerprint density at radius 3 is 3.10 bits per heavy atom. The third-order valence-corrected chi connectivity index (χ3v) is 1.04. The van der Waals surface area contributed by atoms with E-state index in [1.165, 1.54) is 0 Å². The first-order valence-electron chi connectivity index (χ1n) is 2.82. The smallest absolute Gasteiger partial charge is 0.202 e. The lowest BCUT2D eigenvalue weighted by atomic mass is 10.5. The molecule has 0 aliphatic carbocycles. The highest BCUT2D eigenvalue weighted by atomic mass is 32.1. The fourth-order valence-electron chi connectivity index (χ4n) is 0.585. The van der Waals surface area contributed by atoms with Crippen LogP contribution in [0.15, 0.2) is 17.3 Å². The summed E-state index contributed by atoms with van der Waals surface area (Å²) in [5.41, 5.74) is 5.16. The van der Waals surface area contributed by atoms with E-state index in [9.17, 15) is 0 Å². The molecule has 0 fully saturated rings. The van der Waals surface area contributed by atoms with E-state index in [-0.39, 0.29) is 5.11 Å². The van der Waals surface area contributed by atoms with Crippen LogP contribution in [0.25, 0.3) is 0 Å². The molecule has 4 N–H and O–H groups in total. The minimum Gasteiger partial charge on any atom is -0.374 e. The molecule has 0 bridgehead atoms. The molecule has 1 aliphatic heterocycles. The highest BCUT2D eigenvalue weighted by Crippen LogP contribution is 1.79. The second kappa shape index (κ2) is 3.17. The molecule has 0 aromatic heterocycles. The van der Waals surface area contributed by atoms with Crippen LogP contribution < -0.4 is 16.4 Å². The monoisotopic (exact) mass is 156 g/mol. The fraction of sp³-hybridized carbons (Fsp3) is 0.200. The Hall–Kier alpha value is -1.10. The number of hydrogen-bond acceptors (Lipinski definition) is 1. The first-order valence-corrected chi connectivity index (χ1v) is 3.23. The molecule has 0 radical (unpaired) electrons. The molecular weight excluding hydrogens is 148 g/mol. The summed E-state index contributed by atoms with van der Waals surface area (Å²) in [5.74, 6) is 0.606. The second-order valence-electron chi connectivity index (χ2n) is 1.73. The van der Waals surface area contributed by atoms with Crippen LogP contribution in [0.2, 0.25) is 0 Å². The molecule has 0 aromatic rings. The molecule has 5 heteroatoms. The number of nitrogens with two attached hydrogens (primary N) is 1. The number of hydrogen-bond donors (Lipinski definition) is 3. The van der Waals surface area contributed by atoms with Gasteiger partial charge in [-0.25, -0.2) is 0 Å². The van der Waals surface area contributed by atoms with Crippen molar-refractivity contribution in [3.63, 3.8) is 0 Å². The number of rotatable bonds is 0. The molecule has 0 spiro atoms. The molecule has 0 saturated carbocycles. The summed E-state index contributed by atoms with van der Waals surface area (Å²) < 4.78 is 0. The average molecular weight is 156 g/mol. The van der Waals surface area contributed by atoms with E-state index >= 15 is 0 Å². The standard InChI is InChI=1S/C5H8N4S/c6-4(10)9-5-7-2-1-3-8-5/h1-2H,3H2,(H4,6,7,8,9,10). The molecule has 0 amide bonds. The zero-order valence-electron chi connectivity index (χ0n) is 5.29. The van der Waals surface area contributed by atoms with Crippen LogP contribution in [0, 0.1) is 0 Å². The predicted molar refractivity (Wildman–Crippen MR) is 44.5 cm³/mol. The highest BCUT2D eigenvalue weighted by Gasteiger charge is 1.97. The van der Waals surface area contributed by atoms with Crippen molar-refractivity contribution in [1.29, 1.82) is 0 Å². The Balaban J connectivity index is 2.56. The summed E-state index contributed by atoms with van der Waals surface area (Å²) in [5, 5.41) is 5.91. The molecule has 0 atom stereocenters. The lowest BCUT2D eigenvalue weighted by Crippen LogP contribution is -2.38. The second-order valence-corrected chi connectivity index (χ2v) is 2.14. The van der Waals surface area contributed by atoms with E-state index in [2.05, 4.69) is 27.8 Å². The molecule has 1 heterocycles. The third-order valence-electron chi connectivity index (χ3n) is 0.947. The number of aliphatic imine (C=N–C) groups is 1. The molecule has 0 aromatic carbocycles. The van der Waals surface area contributed by atoms with Gasteiger partial charge in [0, 0.05) is 12.7 Å². The van der Waals surface area contributed by atoms with Gasteiger partial charge in [0.1, 0.15) is 0 Å². The van der Waals surface area contributed by atoms with Gasteiger partial charge in [0.05, 0.1) is 0 Å². The molecule has 54 valence electrons. The van der Waals surface area contributed by atoms with Crippen molar-refractivity contribution in [1.82, 2.24) is 10.6 Å². The first kappa shape index (κ1) is 7.01. The summed E-state index contributed by atoms with van der Waals surface area (Å²) in [6.07, 6.45) is 3.71. The Kier molecular flexibility index (Phi) is 2.22. The maximum atomic E-state index is 5.16. The Morgan fingerprint density at radius 2 is 2.60 bits per heavy atom. The maximum absolute atomic E-state index is 5.16. The molecule has 0 saturated heterocycles. The molecule has 1 rings (SSSR count). The van der Waals surface area contributed by atoms with Crippen molar-refractivity contribution in [2.24, 2.45) is 10.7 Å². The van der Waals surface area contributed by atoms with Gasteiger partial charge in [-0.3, -0.25) is 0 Å². The Bertz CT molecular complexity index is 196. The molecule has 10 heavy (non-hydrogen) atoms. The van der Waals surface area contributed by atoms with E-state index < -0.39 is 0 Å². The van der Waals surface area contributed by atoms with Crippen LogP contribution in [0.5, 0.6) is 0 Å². The summed E-state index contributed by atoms with van der Waals surface area (Å²) in [4.78, 5) is 3.79. The van der Waals surface area contributed by atoms with Gasteiger partial charge in [0.2, 0.25) is 5.96 Å². The third kappa shape index (κ3) is 2.02. The number of thiocarbonyl (C=S) groups is 1. The van der Waals surface area contributed by atoms with Gasteiger partial charge in [-0.2, -0.15) is 4.99 Å². The number of nitrogens with zero attached hydrogens (tertiary/aromatic N) is 1. The highest BCUT2D eigenvalue weighted by molar-refractivity contribution is 7.80. The summed E-state index contributed by atoms with van der Waals surface area (Å²) in [6, 6.07) is 0. The van der Waals surface area contributed by atoms with Gasteiger partial charge in [0.15, 0.2) is 5.11 Å². The number of nitrogens with one attached hydrogen (secondary N) is 2. The zero-order chi connectivity index (χ0) is 7.40. The summed E-state index contributed by atoms with van der Waals surface area (Å²) in [7, 11) is 0. The van der Waals surface area contributed by atoms with Crippen molar-refractivity contribution >= 4 is 23.3 Å². The average Bonchev–Trinajstić information content (AvgIpc) is 1.88. The molecule has 0 unspecified atom stereocenters. The Labute approximate surface area is 64.2 Å². The van der Waals surface area contributed by atoms with Crippen molar-refractivity contribution in [2.75, 3.05) is 6.54 Å². The van der Waals surface area contributed by atoms with Gasteiger partial charge in [-0.1, -0.05) is 0 Å². The van der Waals surface area contributed by atoms with Gasteiger partial charge in [0.25, 0.3) is 0 Å². The van der Waals surface area contributed by atoms with E-state index in [0.717, 1.165) is 6.54 Å². The van der Waals surface area contributed by atoms with Gasteiger partial charge < -0.3 is 16.4 Å². The van der Waals surface area contributed by atoms with Crippen LogP contribution in [0.3, 0.4) is 0 Å². The first-order chi connectivity index (χ1) is 4.79.